The zero-order valence-corrected chi connectivity index (χ0v) is 34.1. The van der Waals surface area contributed by atoms with Crippen LogP contribution in [0.15, 0.2) is 150 Å². The molecule has 2 N–H and O–H groups in total. The predicted molar refractivity (Wildman–Crippen MR) is 223 cm³/mol. The van der Waals surface area contributed by atoms with Crippen molar-refractivity contribution in [1.29, 1.82) is 0 Å². The number of hydrogen-bond donors (Lipinski definition) is 2. The van der Waals surface area contributed by atoms with Crippen molar-refractivity contribution in [1.82, 2.24) is 9.72 Å². The van der Waals surface area contributed by atoms with Gasteiger partial charge in [-0.2, -0.15) is 0 Å². The molecule has 0 aromatic heterocycles. The molecule has 0 spiro atoms. The van der Waals surface area contributed by atoms with Crippen LogP contribution in [0.1, 0.15) is 33.4 Å². The summed E-state index contributed by atoms with van der Waals surface area (Å²) in [7, 11) is -12.1. The van der Waals surface area contributed by atoms with Crippen LogP contribution in [0.2, 0.25) is 0 Å². The molecule has 0 unspecified atom stereocenters. The van der Waals surface area contributed by atoms with E-state index in [0.29, 0.717) is 34.5 Å². The van der Waals surface area contributed by atoms with Gasteiger partial charge in [-0.05, 0) is 0 Å². The number of nitrogens with zero attached hydrogens (tertiary/aromatic N) is 1. The Kier molecular flexibility index (Phi) is 11.0. The van der Waals surface area contributed by atoms with Gasteiger partial charge in [0.25, 0.3) is 0 Å². The summed E-state index contributed by atoms with van der Waals surface area (Å²) in [5.41, 5.74) is 6.47. The van der Waals surface area contributed by atoms with Crippen LogP contribution >= 0.6 is 23.7 Å². The Morgan fingerprint density at radius 1 is 0.370 bits per heavy atom. The molecule has 0 radical (unpaired) electrons. The maximum absolute atomic E-state index is 7.05. The molecule has 1 heterocycles. The summed E-state index contributed by atoms with van der Waals surface area (Å²) in [6.07, 6.45) is 0. The topological polar surface area (TPSA) is 91.8 Å². The van der Waals surface area contributed by atoms with E-state index in [-0.39, 0.29) is 0 Å². The van der Waals surface area contributed by atoms with Crippen molar-refractivity contribution in [3.8, 4) is 34.5 Å². The first-order valence-electron chi connectivity index (χ1n) is 17.7. The Balaban J connectivity index is 1.50. The molecule has 1 aliphatic heterocycles. The van der Waals surface area contributed by atoms with Crippen molar-refractivity contribution in [3.63, 3.8) is 0 Å². The normalized spacial score (nSPS) is 16.5. The number of aryl methyl sites for hydroxylation is 6. The van der Waals surface area contributed by atoms with E-state index in [1.165, 1.54) is 0 Å². The molecule has 0 atom stereocenters. The van der Waals surface area contributed by atoms with E-state index in [4.69, 9.17) is 31.7 Å². The van der Waals surface area contributed by atoms with Gasteiger partial charge >= 0.3 is 320 Å². The van der Waals surface area contributed by atoms with E-state index in [1.807, 2.05) is 187 Å². The van der Waals surface area contributed by atoms with Gasteiger partial charge in [0.1, 0.15) is 0 Å². The van der Waals surface area contributed by atoms with Crippen LogP contribution in [-0.2, 0) is 0 Å². The van der Waals surface area contributed by atoms with Crippen molar-refractivity contribution in [3.05, 3.63) is 179 Å². The second-order valence-electron chi connectivity index (χ2n) is 13.5. The molecular weight excluding hydrogens is 735 g/mol. The van der Waals surface area contributed by atoms with Crippen molar-refractivity contribution >= 4 is 23.7 Å². The van der Waals surface area contributed by atoms with Gasteiger partial charge in [0.05, 0.1) is 0 Å². The standard InChI is InChI=1S/C42H46N3O6P3/c1-31-7-19-37(20-8-31)46-52(47-38-21-9-32(2)10-22-38)43-53(48-39-23-11-33(3)12-24-39,49-40-25-13-34(4)14-26-40)45-54(44-52,50-41-27-15-35(5)16-28-41)51-42-29-17-36(6)18-30-42/h7-30,43-44,52-53H,1-6H3. The van der Waals surface area contributed by atoms with Crippen molar-refractivity contribution in [2.24, 2.45) is 4.52 Å². The van der Waals surface area contributed by atoms with Crippen molar-refractivity contribution in [2.75, 3.05) is 0 Å². The number of rotatable bonds is 12. The van der Waals surface area contributed by atoms with E-state index in [0.717, 1.165) is 33.4 Å². The van der Waals surface area contributed by atoms with Crippen LogP contribution in [-0.4, -0.2) is 0 Å². The van der Waals surface area contributed by atoms with Crippen LogP contribution in [0.25, 0.3) is 0 Å². The zero-order valence-electron chi connectivity index (χ0n) is 31.2. The predicted octanol–water partition coefficient (Wildman–Crippen LogP) is 12.3. The summed E-state index contributed by atoms with van der Waals surface area (Å²) in [5.74, 6) is 3.24. The van der Waals surface area contributed by atoms with Crippen LogP contribution in [0, 0.1) is 41.5 Å². The summed E-state index contributed by atoms with van der Waals surface area (Å²) in [6.45, 7) is 12.2. The van der Waals surface area contributed by atoms with E-state index < -0.39 is 23.7 Å². The third kappa shape index (κ3) is 9.43. The van der Waals surface area contributed by atoms with Gasteiger partial charge in [-0.1, -0.05) is 0 Å². The average Bonchev–Trinajstić information content (AvgIpc) is 3.14. The SMILES string of the molecule is Cc1ccc(OP2(Oc3ccc(C)cc3)=N[PH](Oc3ccc(C)cc3)(Oc3ccc(C)cc3)N[PH](Oc3ccc(C)cc3)(Oc3ccc(C)cc3)N2)cc1. The third-order valence-corrected chi connectivity index (χ3v) is 18.5. The van der Waals surface area contributed by atoms with Crippen molar-refractivity contribution in [2.45, 2.75) is 41.5 Å². The molecule has 12 heteroatoms. The zero-order chi connectivity index (χ0) is 37.8. The minimum atomic E-state index is -4.21. The second kappa shape index (κ2) is 15.8. The van der Waals surface area contributed by atoms with Crippen molar-refractivity contribution < 1.29 is 27.1 Å². The maximum atomic E-state index is 7.05. The summed E-state index contributed by atoms with van der Waals surface area (Å²) in [4.78, 5) is 7.29. The molecule has 0 fully saturated rings. The molecule has 6 aromatic carbocycles. The molecular formula is C42H46N3O6P3. The molecule has 7 rings (SSSR count). The van der Waals surface area contributed by atoms with Crippen LogP contribution in [0.5, 0.6) is 34.5 Å². The number of nitrogens with one attached hydrogen (secondary N) is 2. The van der Waals surface area contributed by atoms with Crippen LogP contribution in [0.4, 0.5) is 0 Å². The molecule has 0 saturated carbocycles. The van der Waals surface area contributed by atoms with E-state index >= 15 is 0 Å². The summed E-state index contributed by atoms with van der Waals surface area (Å²) < 4.78 is 47.5. The molecule has 0 saturated heterocycles. The molecule has 0 amide bonds. The first kappa shape index (κ1) is 37.4. The van der Waals surface area contributed by atoms with E-state index in [9.17, 15) is 0 Å². The molecule has 0 aliphatic carbocycles. The van der Waals surface area contributed by atoms with E-state index in [2.05, 4.69) is 9.72 Å². The fourth-order valence-corrected chi connectivity index (χ4v) is 17.1. The monoisotopic (exact) mass is 781 g/mol. The van der Waals surface area contributed by atoms with Gasteiger partial charge in [-0.3, -0.25) is 0 Å². The summed E-state index contributed by atoms with van der Waals surface area (Å²) >= 11 is 0. The average molecular weight is 782 g/mol. The molecule has 9 nitrogen and oxygen atoms in total. The van der Waals surface area contributed by atoms with Gasteiger partial charge in [0, 0.05) is 0 Å². The van der Waals surface area contributed by atoms with Crippen LogP contribution < -0.4 is 36.9 Å². The van der Waals surface area contributed by atoms with Gasteiger partial charge < -0.3 is 0 Å². The Morgan fingerprint density at radius 2 is 0.630 bits per heavy atom. The van der Waals surface area contributed by atoms with Gasteiger partial charge in [-0.15, -0.1) is 0 Å². The Bertz CT molecular complexity index is 2090. The number of hydrogen-bond acceptors (Lipinski definition) is 9. The molecule has 1 aliphatic rings. The Hall–Kier alpha value is -4.87. The van der Waals surface area contributed by atoms with Gasteiger partial charge in [0.15, 0.2) is 0 Å². The minimum absolute atomic E-state index is 0.529. The Morgan fingerprint density at radius 3 is 0.926 bits per heavy atom. The van der Waals surface area contributed by atoms with Gasteiger partial charge in [0.2, 0.25) is 0 Å². The molecule has 6 aromatic rings. The van der Waals surface area contributed by atoms with E-state index in [1.54, 1.807) is 0 Å². The quantitative estimate of drug-likeness (QED) is 0.119. The molecule has 0 bridgehead atoms. The fourth-order valence-electron chi connectivity index (χ4n) is 5.54. The van der Waals surface area contributed by atoms with Crippen LogP contribution in [0.3, 0.4) is 0 Å². The second-order valence-corrected chi connectivity index (χ2v) is 20.8. The van der Waals surface area contributed by atoms with Gasteiger partial charge in [-0.25, -0.2) is 0 Å². The third-order valence-electron chi connectivity index (χ3n) is 8.49. The number of benzene rings is 6. The fraction of sp³-hybridized carbons (Fsp3) is 0.143. The summed E-state index contributed by atoms with van der Waals surface area (Å²) in [6, 6.07) is 46.6. The first-order valence-corrected chi connectivity index (χ1v) is 22.9. The Labute approximate surface area is 319 Å². The molecule has 280 valence electrons. The molecule has 54 heavy (non-hydrogen) atoms. The summed E-state index contributed by atoms with van der Waals surface area (Å²) in [5, 5.41) is 0. The first-order chi connectivity index (χ1) is 26.0.